The van der Waals surface area contributed by atoms with Crippen LogP contribution < -0.4 is 11.1 Å². The number of nitrogens with two attached hydrogens (primary N) is 1. The van der Waals surface area contributed by atoms with E-state index in [1.54, 1.807) is 0 Å². The highest BCUT2D eigenvalue weighted by Crippen LogP contribution is 2.30. The molecule has 0 fully saturated rings. The summed E-state index contributed by atoms with van der Waals surface area (Å²) < 4.78 is 42.6. The zero-order valence-corrected chi connectivity index (χ0v) is 13.3. The lowest BCUT2D eigenvalue weighted by Crippen LogP contribution is -2.21. The molecule has 1 amide bonds. The van der Waals surface area contributed by atoms with Gasteiger partial charge in [-0.15, -0.1) is 0 Å². The summed E-state index contributed by atoms with van der Waals surface area (Å²) in [5.41, 5.74) is 4.85. The number of rotatable bonds is 4. The third kappa shape index (κ3) is 5.12. The first-order valence-corrected chi connectivity index (χ1v) is 7.24. The van der Waals surface area contributed by atoms with E-state index in [9.17, 15) is 22.8 Å². The summed E-state index contributed by atoms with van der Waals surface area (Å²) in [6.45, 7) is -0.669. The van der Waals surface area contributed by atoms with Crippen LogP contribution in [0.4, 0.5) is 24.5 Å². The number of nitrogen functional groups attached to an aromatic ring is 1. The number of carbonyl (C=O) groups is 2. The predicted octanol–water partition coefficient (Wildman–Crippen LogP) is 3.74. The molecule has 0 saturated carbocycles. The van der Waals surface area contributed by atoms with Gasteiger partial charge in [0.05, 0.1) is 21.8 Å². The van der Waals surface area contributed by atoms with Crippen LogP contribution in [0.25, 0.3) is 0 Å². The van der Waals surface area contributed by atoms with E-state index in [0.717, 1.165) is 18.2 Å². The molecule has 3 N–H and O–H groups in total. The second-order valence-corrected chi connectivity index (χ2v) is 5.35. The minimum absolute atomic E-state index is 0.0633. The van der Waals surface area contributed by atoms with Crippen LogP contribution in [-0.4, -0.2) is 18.5 Å². The fourth-order valence-corrected chi connectivity index (χ4v) is 1.97. The Morgan fingerprint density at radius 1 is 1.16 bits per heavy atom. The third-order valence-corrected chi connectivity index (χ3v) is 3.38. The maximum Gasteiger partial charge on any atom is 0.416 e. The maximum absolute atomic E-state index is 12.6. The van der Waals surface area contributed by atoms with Gasteiger partial charge in [-0.1, -0.05) is 17.7 Å². The number of esters is 1. The third-order valence-electron chi connectivity index (χ3n) is 3.04. The number of amides is 1. The molecular weight excluding hydrogens is 361 g/mol. The summed E-state index contributed by atoms with van der Waals surface area (Å²) in [6, 6.07) is 8.15. The first-order valence-electron chi connectivity index (χ1n) is 6.86. The van der Waals surface area contributed by atoms with E-state index < -0.39 is 30.2 Å². The Bertz CT molecular complexity index is 809. The summed E-state index contributed by atoms with van der Waals surface area (Å²) in [4.78, 5) is 23.5. The first-order chi connectivity index (χ1) is 11.7. The molecule has 0 saturated heterocycles. The highest BCUT2D eigenvalue weighted by Gasteiger charge is 2.30. The molecular formula is C16H12ClF3N2O3. The SMILES string of the molecule is Nc1cc(C(=O)OCC(=O)Nc2cccc(C(F)(F)F)c2)ccc1Cl. The van der Waals surface area contributed by atoms with Gasteiger partial charge in [0.25, 0.3) is 5.91 Å². The molecule has 0 atom stereocenters. The van der Waals surface area contributed by atoms with Crippen molar-refractivity contribution in [2.45, 2.75) is 6.18 Å². The number of anilines is 2. The summed E-state index contributed by atoms with van der Waals surface area (Å²) in [5.74, 6) is -1.60. The van der Waals surface area contributed by atoms with Gasteiger partial charge in [-0.25, -0.2) is 4.79 Å². The van der Waals surface area contributed by atoms with Gasteiger partial charge in [0.2, 0.25) is 0 Å². The van der Waals surface area contributed by atoms with Crippen LogP contribution in [-0.2, 0) is 15.7 Å². The molecule has 0 unspecified atom stereocenters. The van der Waals surface area contributed by atoms with Crippen LogP contribution in [0.1, 0.15) is 15.9 Å². The van der Waals surface area contributed by atoms with Crippen molar-refractivity contribution in [2.75, 3.05) is 17.7 Å². The highest BCUT2D eigenvalue weighted by atomic mass is 35.5. The van der Waals surface area contributed by atoms with Crippen molar-refractivity contribution in [3.05, 3.63) is 58.6 Å². The molecule has 5 nitrogen and oxygen atoms in total. The Kier molecular flexibility index (Phi) is 5.53. The first kappa shape index (κ1) is 18.6. The van der Waals surface area contributed by atoms with E-state index in [1.165, 1.54) is 24.3 Å². The Labute approximate surface area is 145 Å². The Hall–Kier alpha value is -2.74. The van der Waals surface area contributed by atoms with E-state index >= 15 is 0 Å². The average molecular weight is 373 g/mol. The van der Waals surface area contributed by atoms with Gasteiger partial charge in [-0.05, 0) is 36.4 Å². The molecule has 0 heterocycles. The van der Waals surface area contributed by atoms with Crippen LogP contribution in [0, 0.1) is 0 Å². The molecule has 0 radical (unpaired) electrons. The zero-order valence-electron chi connectivity index (χ0n) is 12.6. The molecule has 25 heavy (non-hydrogen) atoms. The van der Waals surface area contributed by atoms with Gasteiger partial charge in [0.15, 0.2) is 6.61 Å². The number of benzene rings is 2. The molecule has 0 aliphatic heterocycles. The fraction of sp³-hybridized carbons (Fsp3) is 0.125. The molecule has 0 aliphatic rings. The molecule has 0 aliphatic carbocycles. The van der Waals surface area contributed by atoms with E-state index in [2.05, 4.69) is 5.32 Å². The monoisotopic (exact) mass is 372 g/mol. The number of ether oxygens (including phenoxy) is 1. The maximum atomic E-state index is 12.6. The number of alkyl halides is 3. The highest BCUT2D eigenvalue weighted by molar-refractivity contribution is 6.33. The molecule has 9 heteroatoms. The molecule has 2 rings (SSSR count). The summed E-state index contributed by atoms with van der Waals surface area (Å²) in [5, 5.41) is 2.48. The van der Waals surface area contributed by atoms with E-state index in [-0.39, 0.29) is 22.0 Å². The van der Waals surface area contributed by atoms with Crippen molar-refractivity contribution < 1.29 is 27.5 Å². The second-order valence-electron chi connectivity index (χ2n) is 4.94. The Balaban J connectivity index is 1.94. The number of nitrogens with one attached hydrogen (secondary N) is 1. The number of halogens is 4. The van der Waals surface area contributed by atoms with Gasteiger partial charge >= 0.3 is 12.1 Å². The van der Waals surface area contributed by atoms with Crippen molar-refractivity contribution in [2.24, 2.45) is 0 Å². The summed E-state index contributed by atoms with van der Waals surface area (Å²) >= 11 is 5.73. The van der Waals surface area contributed by atoms with E-state index in [0.29, 0.717) is 0 Å². The fourth-order valence-electron chi connectivity index (χ4n) is 1.86. The van der Waals surface area contributed by atoms with Crippen LogP contribution in [0.3, 0.4) is 0 Å². The standard InChI is InChI=1S/C16H12ClF3N2O3/c17-12-5-4-9(6-13(12)21)15(24)25-8-14(23)22-11-3-1-2-10(7-11)16(18,19)20/h1-7H,8,21H2,(H,22,23). The van der Waals surface area contributed by atoms with E-state index in [4.69, 9.17) is 22.1 Å². The number of hydrogen-bond acceptors (Lipinski definition) is 4. The minimum atomic E-state index is -4.53. The lowest BCUT2D eigenvalue weighted by Gasteiger charge is -2.10. The molecule has 0 spiro atoms. The quantitative estimate of drug-likeness (QED) is 0.633. The molecule has 2 aromatic carbocycles. The van der Waals surface area contributed by atoms with Gasteiger partial charge in [0, 0.05) is 5.69 Å². The molecule has 2 aromatic rings. The lowest BCUT2D eigenvalue weighted by molar-refractivity contribution is -0.137. The Morgan fingerprint density at radius 2 is 1.88 bits per heavy atom. The summed E-state index contributed by atoms with van der Waals surface area (Å²) in [6.07, 6.45) is -4.53. The van der Waals surface area contributed by atoms with Crippen molar-refractivity contribution >= 4 is 34.9 Å². The van der Waals surface area contributed by atoms with Crippen molar-refractivity contribution in [3.8, 4) is 0 Å². The lowest BCUT2D eigenvalue weighted by atomic mass is 10.2. The normalized spacial score (nSPS) is 11.0. The van der Waals surface area contributed by atoms with Crippen molar-refractivity contribution in [1.29, 1.82) is 0 Å². The largest absolute Gasteiger partial charge is 0.452 e. The van der Waals surface area contributed by atoms with Gasteiger partial charge < -0.3 is 15.8 Å². The number of hydrogen-bond donors (Lipinski definition) is 2. The zero-order chi connectivity index (χ0) is 18.6. The van der Waals surface area contributed by atoms with Gasteiger partial charge in [-0.2, -0.15) is 13.2 Å². The van der Waals surface area contributed by atoms with Crippen molar-refractivity contribution in [3.63, 3.8) is 0 Å². The van der Waals surface area contributed by atoms with Gasteiger partial charge in [0.1, 0.15) is 0 Å². The van der Waals surface area contributed by atoms with Crippen molar-refractivity contribution in [1.82, 2.24) is 0 Å². The van der Waals surface area contributed by atoms with Crippen LogP contribution in [0.5, 0.6) is 0 Å². The summed E-state index contributed by atoms with van der Waals surface area (Å²) in [7, 11) is 0. The average Bonchev–Trinajstić information content (AvgIpc) is 2.54. The van der Waals surface area contributed by atoms with Crippen LogP contribution in [0.15, 0.2) is 42.5 Å². The van der Waals surface area contributed by atoms with E-state index in [1.807, 2.05) is 0 Å². The number of carbonyl (C=O) groups excluding carboxylic acids is 2. The van der Waals surface area contributed by atoms with Gasteiger partial charge in [-0.3, -0.25) is 4.79 Å². The van der Waals surface area contributed by atoms with Crippen LogP contribution >= 0.6 is 11.6 Å². The molecule has 132 valence electrons. The molecule has 0 aromatic heterocycles. The Morgan fingerprint density at radius 3 is 2.52 bits per heavy atom. The topological polar surface area (TPSA) is 81.4 Å². The second kappa shape index (κ2) is 7.43. The smallest absolute Gasteiger partial charge is 0.416 e. The van der Waals surface area contributed by atoms with Crippen LogP contribution in [0.2, 0.25) is 5.02 Å². The predicted molar refractivity (Wildman–Crippen MR) is 86.2 cm³/mol. The molecule has 0 bridgehead atoms. The minimum Gasteiger partial charge on any atom is -0.452 e.